The molecule has 0 amide bonds. The van der Waals surface area contributed by atoms with Crippen LogP contribution in [0.1, 0.15) is 56.7 Å². The Hall–Kier alpha value is -1.01. The largest absolute Gasteiger partial charge is 0.261 e. The summed E-state index contributed by atoms with van der Waals surface area (Å²) >= 11 is 0. The number of hydrogen-bond donors (Lipinski definition) is 0. The Kier molecular flexibility index (Phi) is 4.03. The zero-order valence-corrected chi connectivity index (χ0v) is 12.4. The van der Waals surface area contributed by atoms with Crippen LogP contribution in [0.2, 0.25) is 0 Å². The highest BCUT2D eigenvalue weighted by molar-refractivity contribution is 7.89. The third-order valence-corrected chi connectivity index (χ3v) is 6.83. The van der Waals surface area contributed by atoms with Gasteiger partial charge in [-0.15, -0.1) is 0 Å². The Morgan fingerprint density at radius 1 is 1.05 bits per heavy atom. The van der Waals surface area contributed by atoms with Crippen molar-refractivity contribution in [2.45, 2.75) is 56.2 Å². The first-order valence-electron chi connectivity index (χ1n) is 7.46. The standard InChI is InChI=1S/C14H21N3O2S/c18-20(19,12-5-2-1-3-6-12)17-10-4-7-14(17)13-11-15-8-9-16-13/h8-9,11-12,14H,1-7,10H2. The van der Waals surface area contributed by atoms with Gasteiger partial charge in [0.05, 0.1) is 23.2 Å². The lowest BCUT2D eigenvalue weighted by Gasteiger charge is -2.30. The molecule has 2 aliphatic rings. The van der Waals surface area contributed by atoms with Crippen molar-refractivity contribution in [2.75, 3.05) is 6.54 Å². The van der Waals surface area contributed by atoms with Crippen molar-refractivity contribution in [1.82, 2.24) is 14.3 Å². The highest BCUT2D eigenvalue weighted by Gasteiger charge is 2.40. The zero-order chi connectivity index (χ0) is 14.0. The van der Waals surface area contributed by atoms with Gasteiger partial charge in [0.1, 0.15) is 0 Å². The summed E-state index contributed by atoms with van der Waals surface area (Å²) in [7, 11) is -3.19. The van der Waals surface area contributed by atoms with E-state index in [0.717, 1.165) is 44.2 Å². The number of sulfonamides is 1. The van der Waals surface area contributed by atoms with Crippen LogP contribution >= 0.6 is 0 Å². The van der Waals surface area contributed by atoms with Crippen LogP contribution in [-0.4, -0.2) is 34.5 Å². The van der Waals surface area contributed by atoms with Gasteiger partial charge >= 0.3 is 0 Å². The summed E-state index contributed by atoms with van der Waals surface area (Å²) in [4.78, 5) is 8.38. The van der Waals surface area contributed by atoms with Crippen LogP contribution in [0.5, 0.6) is 0 Å². The monoisotopic (exact) mass is 295 g/mol. The number of nitrogens with zero attached hydrogens (tertiary/aromatic N) is 3. The Balaban J connectivity index is 1.84. The molecule has 0 aromatic carbocycles. The van der Waals surface area contributed by atoms with Gasteiger partial charge < -0.3 is 0 Å². The van der Waals surface area contributed by atoms with E-state index in [0.29, 0.717) is 6.54 Å². The second kappa shape index (κ2) is 5.77. The molecule has 6 heteroatoms. The van der Waals surface area contributed by atoms with E-state index in [1.165, 1.54) is 6.42 Å². The lowest BCUT2D eigenvalue weighted by atomic mass is 10.0. The molecule has 0 N–H and O–H groups in total. The van der Waals surface area contributed by atoms with Crippen molar-refractivity contribution in [1.29, 1.82) is 0 Å². The van der Waals surface area contributed by atoms with E-state index in [2.05, 4.69) is 9.97 Å². The molecule has 1 unspecified atom stereocenters. The topological polar surface area (TPSA) is 63.2 Å². The molecule has 3 rings (SSSR count). The van der Waals surface area contributed by atoms with Gasteiger partial charge in [0.2, 0.25) is 10.0 Å². The molecule has 1 aromatic heterocycles. The summed E-state index contributed by atoms with van der Waals surface area (Å²) in [6.45, 7) is 0.625. The molecule has 1 aliphatic heterocycles. The molecule has 1 atom stereocenters. The molecule has 0 bridgehead atoms. The van der Waals surface area contributed by atoms with Crippen molar-refractivity contribution in [3.8, 4) is 0 Å². The Bertz CT molecular complexity index is 541. The molecular formula is C14H21N3O2S. The normalized spacial score (nSPS) is 25.9. The summed E-state index contributed by atoms with van der Waals surface area (Å²) in [6.07, 6.45) is 11.6. The summed E-state index contributed by atoms with van der Waals surface area (Å²) in [6, 6.07) is -0.115. The van der Waals surface area contributed by atoms with Crippen LogP contribution in [-0.2, 0) is 10.0 Å². The fraction of sp³-hybridized carbons (Fsp3) is 0.714. The first kappa shape index (κ1) is 13.9. The third kappa shape index (κ3) is 2.59. The fourth-order valence-electron chi connectivity index (χ4n) is 3.38. The minimum atomic E-state index is -3.19. The lowest BCUT2D eigenvalue weighted by molar-refractivity contribution is 0.369. The number of aromatic nitrogens is 2. The van der Waals surface area contributed by atoms with Crippen LogP contribution in [0.25, 0.3) is 0 Å². The van der Waals surface area contributed by atoms with Gasteiger partial charge in [0.25, 0.3) is 0 Å². The van der Waals surface area contributed by atoms with E-state index in [-0.39, 0.29) is 11.3 Å². The molecule has 110 valence electrons. The maximum absolute atomic E-state index is 12.8. The molecule has 20 heavy (non-hydrogen) atoms. The smallest absolute Gasteiger partial charge is 0.217 e. The molecule has 1 aromatic rings. The molecule has 0 spiro atoms. The van der Waals surface area contributed by atoms with E-state index < -0.39 is 10.0 Å². The van der Waals surface area contributed by atoms with Gasteiger partial charge in [-0.1, -0.05) is 19.3 Å². The lowest BCUT2D eigenvalue weighted by Crippen LogP contribution is -2.39. The van der Waals surface area contributed by atoms with Gasteiger partial charge in [-0.2, -0.15) is 4.31 Å². The first-order chi connectivity index (χ1) is 9.69. The van der Waals surface area contributed by atoms with Gasteiger partial charge in [0.15, 0.2) is 0 Å². The maximum Gasteiger partial charge on any atom is 0.217 e. The van der Waals surface area contributed by atoms with Crippen LogP contribution in [0, 0.1) is 0 Å². The summed E-state index contributed by atoms with van der Waals surface area (Å²) in [5.41, 5.74) is 0.782. The zero-order valence-electron chi connectivity index (χ0n) is 11.6. The molecule has 1 saturated carbocycles. The van der Waals surface area contributed by atoms with Crippen LogP contribution in [0.4, 0.5) is 0 Å². The Labute approximate surface area is 120 Å². The second-order valence-corrected chi connectivity index (χ2v) is 7.87. The summed E-state index contributed by atoms with van der Waals surface area (Å²) in [5, 5.41) is -0.187. The molecular weight excluding hydrogens is 274 g/mol. The van der Waals surface area contributed by atoms with Gasteiger partial charge in [0, 0.05) is 18.9 Å². The number of hydrogen-bond acceptors (Lipinski definition) is 4. The van der Waals surface area contributed by atoms with Crippen LogP contribution < -0.4 is 0 Å². The molecule has 0 radical (unpaired) electrons. The molecule has 1 aliphatic carbocycles. The van der Waals surface area contributed by atoms with E-state index in [1.807, 2.05) is 0 Å². The van der Waals surface area contributed by atoms with Crippen molar-refractivity contribution >= 4 is 10.0 Å². The molecule has 2 fully saturated rings. The molecule has 2 heterocycles. The van der Waals surface area contributed by atoms with E-state index >= 15 is 0 Å². The van der Waals surface area contributed by atoms with E-state index in [9.17, 15) is 8.42 Å². The van der Waals surface area contributed by atoms with Gasteiger partial charge in [-0.05, 0) is 25.7 Å². The maximum atomic E-state index is 12.8. The minimum absolute atomic E-state index is 0.115. The Morgan fingerprint density at radius 2 is 1.85 bits per heavy atom. The highest BCUT2D eigenvalue weighted by Crippen LogP contribution is 2.37. The number of rotatable bonds is 3. The third-order valence-electron chi connectivity index (χ3n) is 4.43. The van der Waals surface area contributed by atoms with Gasteiger partial charge in [-0.3, -0.25) is 9.97 Å². The van der Waals surface area contributed by atoms with Crippen molar-refractivity contribution in [2.24, 2.45) is 0 Å². The van der Waals surface area contributed by atoms with Crippen molar-refractivity contribution < 1.29 is 8.42 Å². The molecule has 5 nitrogen and oxygen atoms in total. The minimum Gasteiger partial charge on any atom is -0.261 e. The van der Waals surface area contributed by atoms with E-state index in [1.54, 1.807) is 22.9 Å². The second-order valence-electron chi connectivity index (χ2n) is 5.70. The van der Waals surface area contributed by atoms with Crippen molar-refractivity contribution in [3.63, 3.8) is 0 Å². The average Bonchev–Trinajstić information content (AvgIpc) is 2.99. The Morgan fingerprint density at radius 3 is 2.55 bits per heavy atom. The summed E-state index contributed by atoms with van der Waals surface area (Å²) in [5.74, 6) is 0. The van der Waals surface area contributed by atoms with Gasteiger partial charge in [-0.25, -0.2) is 8.42 Å². The molecule has 1 saturated heterocycles. The highest BCUT2D eigenvalue weighted by atomic mass is 32.2. The van der Waals surface area contributed by atoms with E-state index in [4.69, 9.17) is 0 Å². The SMILES string of the molecule is O=S(=O)(C1CCCCC1)N1CCCC1c1cnccn1. The van der Waals surface area contributed by atoms with Crippen LogP contribution in [0.3, 0.4) is 0 Å². The predicted octanol–water partition coefficient (Wildman–Crippen LogP) is 2.28. The average molecular weight is 295 g/mol. The summed E-state index contributed by atoms with van der Waals surface area (Å²) < 4.78 is 27.4. The predicted molar refractivity (Wildman–Crippen MR) is 76.5 cm³/mol. The quantitative estimate of drug-likeness (QED) is 0.858. The van der Waals surface area contributed by atoms with Crippen molar-refractivity contribution in [3.05, 3.63) is 24.3 Å². The van der Waals surface area contributed by atoms with Crippen LogP contribution in [0.15, 0.2) is 18.6 Å². The fourth-order valence-corrected chi connectivity index (χ4v) is 5.64. The first-order valence-corrected chi connectivity index (χ1v) is 8.96.